The third-order valence-electron chi connectivity index (χ3n) is 4.47. The molecule has 3 heterocycles. The maximum Gasteiger partial charge on any atom is 0.235 e. The van der Waals surface area contributed by atoms with E-state index >= 15 is 0 Å². The second kappa shape index (κ2) is 7.44. The van der Waals surface area contributed by atoms with Gasteiger partial charge in [0.25, 0.3) is 0 Å². The third kappa shape index (κ3) is 3.68. The zero-order chi connectivity index (χ0) is 18.8. The van der Waals surface area contributed by atoms with E-state index in [4.69, 9.17) is 4.74 Å². The maximum absolute atomic E-state index is 12.1. The molecule has 1 amide bonds. The maximum atomic E-state index is 12.1. The van der Waals surface area contributed by atoms with Crippen LogP contribution < -0.4 is 10.1 Å². The van der Waals surface area contributed by atoms with Gasteiger partial charge in [0.1, 0.15) is 18.2 Å². The van der Waals surface area contributed by atoms with Gasteiger partial charge in [-0.1, -0.05) is 18.2 Å². The highest BCUT2D eigenvalue weighted by atomic mass is 32.2. The van der Waals surface area contributed by atoms with Crippen molar-refractivity contribution in [1.29, 1.82) is 0 Å². The Morgan fingerprint density at radius 1 is 1.26 bits per heavy atom. The number of anilines is 1. The molecule has 4 rings (SSSR count). The molecule has 6 nitrogen and oxygen atoms in total. The fraction of sp³-hybridized carbons (Fsp3) is 0.250. The van der Waals surface area contributed by atoms with Gasteiger partial charge >= 0.3 is 0 Å². The van der Waals surface area contributed by atoms with Gasteiger partial charge in [-0.3, -0.25) is 14.5 Å². The smallest absolute Gasteiger partial charge is 0.235 e. The molecule has 1 N–H and O–H groups in total. The van der Waals surface area contributed by atoms with Crippen molar-refractivity contribution in [2.75, 3.05) is 11.1 Å². The van der Waals surface area contributed by atoms with E-state index in [1.807, 2.05) is 44.3 Å². The second-order valence-corrected chi connectivity index (χ2v) is 7.48. The van der Waals surface area contributed by atoms with Crippen LogP contribution in [-0.2, 0) is 18.4 Å². The molecule has 0 fully saturated rings. The van der Waals surface area contributed by atoms with Crippen molar-refractivity contribution >= 4 is 23.5 Å². The van der Waals surface area contributed by atoms with E-state index in [9.17, 15) is 4.79 Å². The highest BCUT2D eigenvalue weighted by Crippen LogP contribution is 2.43. The van der Waals surface area contributed by atoms with Crippen LogP contribution in [0.25, 0.3) is 0 Å². The molecule has 0 saturated heterocycles. The van der Waals surface area contributed by atoms with Crippen LogP contribution in [0.2, 0.25) is 0 Å². The Bertz CT molecular complexity index is 954. The van der Waals surface area contributed by atoms with E-state index in [1.54, 1.807) is 22.6 Å². The first-order valence-corrected chi connectivity index (χ1v) is 9.74. The molecule has 0 saturated carbocycles. The topological polar surface area (TPSA) is 69.0 Å². The highest BCUT2D eigenvalue weighted by Gasteiger charge is 2.29. The number of carbonyl (C=O) groups excluding carboxylic acids is 1. The average molecular weight is 380 g/mol. The van der Waals surface area contributed by atoms with Crippen molar-refractivity contribution < 1.29 is 9.53 Å². The summed E-state index contributed by atoms with van der Waals surface area (Å²) in [7, 11) is 1.85. The van der Waals surface area contributed by atoms with Crippen molar-refractivity contribution in [3.63, 3.8) is 0 Å². The summed E-state index contributed by atoms with van der Waals surface area (Å²) in [5.74, 6) is 1.99. The van der Waals surface area contributed by atoms with Crippen LogP contribution in [0.3, 0.4) is 0 Å². The van der Waals surface area contributed by atoms with Crippen LogP contribution in [-0.4, -0.2) is 26.4 Å². The molecular weight excluding hydrogens is 360 g/mol. The standard InChI is InChI=1S/C20H20N4O2S/c1-13-18-19(27-12-17(25)22-20(18)24(2)23-13)14-6-8-16(9-7-14)26-11-15-5-3-4-10-21-15/h3-10,19H,11-12H2,1-2H3,(H,22,25)/t19-/m1/s1. The molecule has 0 spiro atoms. The molecule has 1 aliphatic rings. The Morgan fingerprint density at radius 3 is 2.81 bits per heavy atom. The first-order valence-electron chi connectivity index (χ1n) is 8.69. The van der Waals surface area contributed by atoms with Crippen LogP contribution >= 0.6 is 11.8 Å². The zero-order valence-electron chi connectivity index (χ0n) is 15.2. The van der Waals surface area contributed by atoms with Gasteiger partial charge in [0, 0.05) is 18.8 Å². The van der Waals surface area contributed by atoms with Crippen molar-refractivity contribution in [2.24, 2.45) is 7.05 Å². The monoisotopic (exact) mass is 380 g/mol. The third-order valence-corrected chi connectivity index (χ3v) is 5.74. The molecule has 0 aliphatic carbocycles. The zero-order valence-corrected chi connectivity index (χ0v) is 16.0. The lowest BCUT2D eigenvalue weighted by Crippen LogP contribution is -2.15. The first-order chi connectivity index (χ1) is 13.1. The lowest BCUT2D eigenvalue weighted by molar-refractivity contribution is -0.113. The molecular formula is C20H20N4O2S. The molecule has 7 heteroatoms. The van der Waals surface area contributed by atoms with Crippen molar-refractivity contribution in [1.82, 2.24) is 14.8 Å². The Morgan fingerprint density at radius 2 is 2.07 bits per heavy atom. The fourth-order valence-corrected chi connectivity index (χ4v) is 4.38. The summed E-state index contributed by atoms with van der Waals surface area (Å²) in [5, 5.41) is 7.51. The second-order valence-electron chi connectivity index (χ2n) is 6.39. The molecule has 1 atom stereocenters. The van der Waals surface area contributed by atoms with E-state index in [-0.39, 0.29) is 11.2 Å². The number of benzene rings is 1. The van der Waals surface area contributed by atoms with Gasteiger partial charge in [-0.2, -0.15) is 5.10 Å². The Balaban J connectivity index is 1.56. The quantitative estimate of drug-likeness (QED) is 0.750. The molecule has 27 heavy (non-hydrogen) atoms. The molecule has 0 bridgehead atoms. The van der Waals surface area contributed by atoms with Crippen molar-refractivity contribution in [2.45, 2.75) is 18.8 Å². The SMILES string of the molecule is Cc1nn(C)c2c1[C@@H](c1ccc(OCc3ccccn3)cc1)SCC(=O)N2. The van der Waals surface area contributed by atoms with Gasteiger partial charge in [0.15, 0.2) is 0 Å². The average Bonchev–Trinajstić information content (AvgIpc) is 2.85. The normalized spacial score (nSPS) is 16.4. The van der Waals surface area contributed by atoms with Crippen molar-refractivity contribution in [3.8, 4) is 5.75 Å². The summed E-state index contributed by atoms with van der Waals surface area (Å²) in [4.78, 5) is 16.3. The number of pyridine rings is 1. The summed E-state index contributed by atoms with van der Waals surface area (Å²) in [5.41, 5.74) is 4.01. The highest BCUT2D eigenvalue weighted by molar-refractivity contribution is 8.00. The number of hydrogen-bond donors (Lipinski definition) is 1. The summed E-state index contributed by atoms with van der Waals surface area (Å²) >= 11 is 1.62. The molecule has 1 aromatic carbocycles. The largest absolute Gasteiger partial charge is 0.487 e. The number of aryl methyl sites for hydroxylation is 2. The van der Waals surface area contributed by atoms with Gasteiger partial charge in [0.2, 0.25) is 5.91 Å². The summed E-state index contributed by atoms with van der Waals surface area (Å²) in [6, 6.07) is 13.8. The van der Waals surface area contributed by atoms with Crippen LogP contribution in [0.1, 0.15) is 27.8 Å². The number of nitrogens with zero attached hydrogens (tertiary/aromatic N) is 3. The molecule has 2 aromatic heterocycles. The van der Waals surface area contributed by atoms with Crippen LogP contribution in [0.15, 0.2) is 48.7 Å². The van der Waals surface area contributed by atoms with Gasteiger partial charge in [-0.25, -0.2) is 0 Å². The fourth-order valence-electron chi connectivity index (χ4n) is 3.19. The lowest BCUT2D eigenvalue weighted by Gasteiger charge is -2.16. The number of carbonyl (C=O) groups is 1. The van der Waals surface area contributed by atoms with Crippen LogP contribution in [0.4, 0.5) is 5.82 Å². The van der Waals surface area contributed by atoms with E-state index in [0.29, 0.717) is 12.4 Å². The predicted octanol–water partition coefficient (Wildman–Crippen LogP) is 3.48. The van der Waals surface area contributed by atoms with Crippen molar-refractivity contribution in [3.05, 3.63) is 71.2 Å². The minimum absolute atomic E-state index is 0.00191. The molecule has 3 aromatic rings. The van der Waals surface area contributed by atoms with E-state index in [2.05, 4.69) is 27.5 Å². The number of aromatic nitrogens is 3. The molecule has 0 radical (unpaired) electrons. The van der Waals surface area contributed by atoms with E-state index in [0.717, 1.165) is 34.1 Å². The van der Waals surface area contributed by atoms with Gasteiger partial charge in [0.05, 0.1) is 22.4 Å². The van der Waals surface area contributed by atoms with Crippen LogP contribution in [0.5, 0.6) is 5.75 Å². The van der Waals surface area contributed by atoms with E-state index < -0.39 is 0 Å². The number of amides is 1. The molecule has 1 aliphatic heterocycles. The minimum atomic E-state index is 0.00191. The first kappa shape index (κ1) is 17.6. The Labute approximate surface area is 162 Å². The number of fused-ring (bicyclic) bond motifs is 1. The summed E-state index contributed by atoms with van der Waals surface area (Å²) in [6.45, 7) is 2.41. The molecule has 138 valence electrons. The van der Waals surface area contributed by atoms with Gasteiger partial charge in [-0.05, 0) is 36.8 Å². The minimum Gasteiger partial charge on any atom is -0.487 e. The Kier molecular flexibility index (Phi) is 4.85. The predicted molar refractivity (Wildman–Crippen MR) is 106 cm³/mol. The number of ether oxygens (including phenoxy) is 1. The van der Waals surface area contributed by atoms with Gasteiger partial charge < -0.3 is 10.1 Å². The molecule has 0 unspecified atom stereocenters. The van der Waals surface area contributed by atoms with E-state index in [1.165, 1.54) is 0 Å². The Hall–Kier alpha value is -2.80. The van der Waals surface area contributed by atoms with Crippen LogP contribution in [0, 0.1) is 6.92 Å². The van der Waals surface area contributed by atoms with Gasteiger partial charge in [-0.15, -0.1) is 11.8 Å². The summed E-state index contributed by atoms with van der Waals surface area (Å²) in [6.07, 6.45) is 1.76. The number of nitrogens with one attached hydrogen (secondary N) is 1. The number of thioether (sulfide) groups is 1. The number of hydrogen-bond acceptors (Lipinski definition) is 5. The lowest BCUT2D eigenvalue weighted by atomic mass is 10.0. The summed E-state index contributed by atoms with van der Waals surface area (Å²) < 4.78 is 7.56. The number of rotatable bonds is 4.